The van der Waals surface area contributed by atoms with Gasteiger partial charge in [0.05, 0.1) is 11.8 Å². The van der Waals surface area contributed by atoms with Crippen LogP contribution in [0.4, 0.5) is 5.69 Å². The van der Waals surface area contributed by atoms with Crippen molar-refractivity contribution in [3.63, 3.8) is 0 Å². The fourth-order valence-corrected chi connectivity index (χ4v) is 4.20. The average molecular weight is 362 g/mol. The number of carbonyl (C=O) groups excluding carboxylic acids is 2. The van der Waals surface area contributed by atoms with E-state index in [0.29, 0.717) is 19.5 Å². The number of para-hydroxylation sites is 1. The lowest BCUT2D eigenvalue weighted by Crippen LogP contribution is -2.38. The van der Waals surface area contributed by atoms with Gasteiger partial charge in [-0.3, -0.25) is 9.59 Å². The van der Waals surface area contributed by atoms with E-state index >= 15 is 0 Å². The molecule has 0 spiro atoms. The van der Waals surface area contributed by atoms with Crippen LogP contribution in [0.5, 0.6) is 0 Å². The largest absolute Gasteiger partial charge is 0.338 e. The molecule has 4 rings (SSSR count). The summed E-state index contributed by atoms with van der Waals surface area (Å²) < 4.78 is 0. The van der Waals surface area contributed by atoms with Crippen molar-refractivity contribution in [1.29, 1.82) is 0 Å². The van der Waals surface area contributed by atoms with E-state index < -0.39 is 0 Å². The van der Waals surface area contributed by atoms with Gasteiger partial charge in [0.1, 0.15) is 0 Å². The molecule has 0 aromatic heterocycles. The lowest BCUT2D eigenvalue weighted by Gasteiger charge is -2.24. The summed E-state index contributed by atoms with van der Waals surface area (Å²) >= 11 is 0. The van der Waals surface area contributed by atoms with Crippen LogP contribution in [-0.4, -0.2) is 29.3 Å². The summed E-state index contributed by atoms with van der Waals surface area (Å²) in [6.45, 7) is 5.36. The minimum atomic E-state index is -0.170. The molecule has 1 fully saturated rings. The predicted octanol–water partition coefficient (Wildman–Crippen LogP) is 3.65. The van der Waals surface area contributed by atoms with Gasteiger partial charge in [0.25, 0.3) is 0 Å². The van der Waals surface area contributed by atoms with Crippen molar-refractivity contribution in [3.8, 4) is 0 Å². The van der Waals surface area contributed by atoms with Gasteiger partial charge in [-0.2, -0.15) is 0 Å². The Kier molecular flexibility index (Phi) is 4.73. The first-order chi connectivity index (χ1) is 13.1. The molecule has 1 heterocycles. The predicted molar refractivity (Wildman–Crippen MR) is 106 cm³/mol. The molecule has 4 nitrogen and oxygen atoms in total. The highest BCUT2D eigenvalue weighted by Gasteiger charge is 2.52. The number of carbonyl (C=O) groups is 2. The molecule has 3 atom stereocenters. The third-order valence-electron chi connectivity index (χ3n) is 5.78. The van der Waals surface area contributed by atoms with Crippen molar-refractivity contribution in [2.45, 2.75) is 39.3 Å². The number of amides is 2. The Morgan fingerprint density at radius 3 is 2.48 bits per heavy atom. The van der Waals surface area contributed by atoms with Crippen molar-refractivity contribution in [1.82, 2.24) is 4.90 Å². The van der Waals surface area contributed by atoms with Gasteiger partial charge in [0.15, 0.2) is 0 Å². The number of benzene rings is 2. The zero-order chi connectivity index (χ0) is 19.0. The maximum atomic E-state index is 13.1. The molecule has 140 valence electrons. The normalized spacial score (nSPS) is 23.0. The molecule has 27 heavy (non-hydrogen) atoms. The van der Waals surface area contributed by atoms with Gasteiger partial charge >= 0.3 is 0 Å². The third kappa shape index (κ3) is 3.36. The average Bonchev–Trinajstić information content (AvgIpc) is 3.42. The Hall–Kier alpha value is -2.62. The maximum Gasteiger partial charge on any atom is 0.231 e. The Morgan fingerprint density at radius 2 is 1.74 bits per heavy atom. The molecule has 0 radical (unpaired) electrons. The molecule has 3 unspecified atom stereocenters. The number of nitrogens with zero attached hydrogens (tertiary/aromatic N) is 2. The zero-order valence-electron chi connectivity index (χ0n) is 16.0. The van der Waals surface area contributed by atoms with Crippen LogP contribution in [0, 0.1) is 11.8 Å². The quantitative estimate of drug-likeness (QED) is 0.815. The molecule has 1 aliphatic heterocycles. The van der Waals surface area contributed by atoms with Crippen LogP contribution in [0.3, 0.4) is 0 Å². The number of anilines is 1. The highest BCUT2D eigenvalue weighted by atomic mass is 16.2. The molecule has 0 saturated heterocycles. The summed E-state index contributed by atoms with van der Waals surface area (Å²) in [4.78, 5) is 29.9. The van der Waals surface area contributed by atoms with Gasteiger partial charge in [-0.05, 0) is 43.9 Å². The molecule has 1 aliphatic carbocycles. The van der Waals surface area contributed by atoms with E-state index in [-0.39, 0.29) is 29.7 Å². The monoisotopic (exact) mass is 362 g/mol. The van der Waals surface area contributed by atoms with Crippen molar-refractivity contribution >= 4 is 17.5 Å². The Labute approximate surface area is 160 Å². The lowest BCUT2D eigenvalue weighted by atomic mass is 10.1. The lowest BCUT2D eigenvalue weighted by molar-refractivity contribution is -0.134. The van der Waals surface area contributed by atoms with E-state index in [9.17, 15) is 9.59 Å². The molecule has 0 bridgehead atoms. The highest BCUT2D eigenvalue weighted by molar-refractivity contribution is 6.02. The van der Waals surface area contributed by atoms with Crippen molar-refractivity contribution in [2.24, 2.45) is 11.8 Å². The summed E-state index contributed by atoms with van der Waals surface area (Å²) in [6.07, 6.45) is 1.57. The number of rotatable bonds is 5. The van der Waals surface area contributed by atoms with Gasteiger partial charge in [-0.15, -0.1) is 0 Å². The number of fused-ring (bicyclic) bond motifs is 1. The molecule has 2 amide bonds. The minimum Gasteiger partial charge on any atom is -0.338 e. The van der Waals surface area contributed by atoms with Crippen LogP contribution in [-0.2, 0) is 22.6 Å². The second-order valence-electron chi connectivity index (χ2n) is 7.68. The first-order valence-corrected chi connectivity index (χ1v) is 9.83. The Morgan fingerprint density at radius 1 is 1.04 bits per heavy atom. The Bertz CT molecular complexity index is 848. The van der Waals surface area contributed by atoms with Gasteiger partial charge in [-0.1, -0.05) is 48.5 Å². The number of hydrogen-bond donors (Lipinski definition) is 0. The first kappa shape index (κ1) is 17.8. The van der Waals surface area contributed by atoms with E-state index in [1.165, 1.54) is 5.56 Å². The second-order valence-corrected chi connectivity index (χ2v) is 7.68. The van der Waals surface area contributed by atoms with Crippen LogP contribution in [0.15, 0.2) is 54.6 Å². The maximum absolute atomic E-state index is 13.1. The fraction of sp³-hybridized carbons (Fsp3) is 0.391. The Balaban J connectivity index is 1.44. The third-order valence-corrected chi connectivity index (χ3v) is 5.78. The van der Waals surface area contributed by atoms with Gasteiger partial charge in [0, 0.05) is 24.8 Å². The molecule has 2 aromatic rings. The fourth-order valence-electron chi connectivity index (χ4n) is 4.20. The molecular weight excluding hydrogens is 336 g/mol. The number of hydrogen-bond acceptors (Lipinski definition) is 2. The summed E-state index contributed by atoms with van der Waals surface area (Å²) in [5, 5.41) is 0. The summed E-state index contributed by atoms with van der Waals surface area (Å²) in [5.41, 5.74) is 3.36. The van der Waals surface area contributed by atoms with E-state index in [4.69, 9.17) is 0 Å². The summed E-state index contributed by atoms with van der Waals surface area (Å²) in [5.74, 6) is -0.113. The van der Waals surface area contributed by atoms with Crippen molar-refractivity contribution in [3.05, 3.63) is 65.7 Å². The highest BCUT2D eigenvalue weighted by Crippen LogP contribution is 2.44. The molecule has 1 saturated carbocycles. The standard InChI is InChI=1S/C23H26N2O2/c1-3-24(15-17-9-5-4-6-10-17)22(26)19-14-20(19)23(27)25-16(2)13-18-11-7-8-12-21(18)25/h4-12,16,19-20H,3,13-15H2,1-2H3. The zero-order valence-corrected chi connectivity index (χ0v) is 16.0. The van der Waals surface area contributed by atoms with Gasteiger partial charge in [0.2, 0.25) is 11.8 Å². The second kappa shape index (κ2) is 7.18. The molecule has 2 aromatic carbocycles. The van der Waals surface area contributed by atoms with E-state index in [0.717, 1.165) is 17.7 Å². The molecule has 0 N–H and O–H groups in total. The van der Waals surface area contributed by atoms with E-state index in [1.807, 2.05) is 65.3 Å². The van der Waals surface area contributed by atoms with Crippen LogP contribution in [0.25, 0.3) is 0 Å². The first-order valence-electron chi connectivity index (χ1n) is 9.83. The topological polar surface area (TPSA) is 40.6 Å². The van der Waals surface area contributed by atoms with Crippen LogP contribution < -0.4 is 4.90 Å². The van der Waals surface area contributed by atoms with Crippen LogP contribution in [0.2, 0.25) is 0 Å². The van der Waals surface area contributed by atoms with E-state index in [1.54, 1.807) is 0 Å². The van der Waals surface area contributed by atoms with Crippen LogP contribution in [0.1, 0.15) is 31.4 Å². The summed E-state index contributed by atoms with van der Waals surface area (Å²) in [7, 11) is 0. The van der Waals surface area contributed by atoms with Crippen molar-refractivity contribution in [2.75, 3.05) is 11.4 Å². The van der Waals surface area contributed by atoms with E-state index in [2.05, 4.69) is 13.0 Å². The van der Waals surface area contributed by atoms with Crippen molar-refractivity contribution < 1.29 is 9.59 Å². The molecular formula is C23H26N2O2. The molecule has 2 aliphatic rings. The summed E-state index contributed by atoms with van der Waals surface area (Å²) in [6, 6.07) is 18.3. The van der Waals surface area contributed by atoms with Gasteiger partial charge in [-0.25, -0.2) is 0 Å². The smallest absolute Gasteiger partial charge is 0.231 e. The van der Waals surface area contributed by atoms with Crippen LogP contribution >= 0.6 is 0 Å². The molecule has 4 heteroatoms. The SMILES string of the molecule is CCN(Cc1ccccc1)C(=O)C1CC1C(=O)N1c2ccccc2CC1C. The minimum absolute atomic E-state index is 0.111. The van der Waals surface area contributed by atoms with Gasteiger partial charge < -0.3 is 9.80 Å².